The lowest BCUT2D eigenvalue weighted by Crippen LogP contribution is -2.46. The highest BCUT2D eigenvalue weighted by Crippen LogP contribution is 2.18. The van der Waals surface area contributed by atoms with Crippen LogP contribution in [0.25, 0.3) is 0 Å². The summed E-state index contributed by atoms with van der Waals surface area (Å²) in [5.74, 6) is -0.989. The van der Waals surface area contributed by atoms with E-state index in [0.717, 1.165) is 5.56 Å². The summed E-state index contributed by atoms with van der Waals surface area (Å²) in [5.41, 5.74) is 4.98. The molecule has 4 heteroatoms. The number of nitrogens with two attached hydrogens (primary N) is 1. The number of hydrogen-bond donors (Lipinski definition) is 2. The van der Waals surface area contributed by atoms with E-state index in [4.69, 9.17) is 5.73 Å². The van der Waals surface area contributed by atoms with Crippen molar-refractivity contribution in [1.29, 1.82) is 0 Å². The van der Waals surface area contributed by atoms with Gasteiger partial charge in [-0.1, -0.05) is 30.3 Å². The number of nitrogens with one attached hydrogen (secondary N) is 1. The van der Waals surface area contributed by atoms with Gasteiger partial charge in [-0.2, -0.15) is 0 Å². The molecule has 0 spiro atoms. The van der Waals surface area contributed by atoms with Gasteiger partial charge in [0.25, 0.3) is 0 Å². The van der Waals surface area contributed by atoms with Gasteiger partial charge in [-0.3, -0.25) is 9.59 Å². The van der Waals surface area contributed by atoms with Gasteiger partial charge in [-0.05, 0) is 26.3 Å². The minimum Gasteiger partial charge on any atom is -0.369 e. The molecule has 0 heterocycles. The van der Waals surface area contributed by atoms with Crippen LogP contribution >= 0.6 is 0 Å². The lowest BCUT2D eigenvalue weighted by Gasteiger charge is -2.23. The molecule has 0 aliphatic rings. The average Bonchev–Trinajstić information content (AvgIpc) is 2.29. The highest BCUT2D eigenvalue weighted by atomic mass is 16.2. The van der Waals surface area contributed by atoms with Crippen molar-refractivity contribution in [2.24, 2.45) is 11.1 Å². The number of rotatable bonds is 4. The third-order valence-electron chi connectivity index (χ3n) is 2.83. The van der Waals surface area contributed by atoms with E-state index in [1.165, 1.54) is 13.8 Å². The molecule has 1 aromatic rings. The maximum Gasteiger partial charge on any atom is 0.235 e. The first-order valence-corrected chi connectivity index (χ1v) is 5.51. The minimum absolute atomic E-state index is 0.151. The van der Waals surface area contributed by atoms with Crippen molar-refractivity contribution in [3.05, 3.63) is 35.9 Å². The van der Waals surface area contributed by atoms with E-state index < -0.39 is 11.3 Å². The highest BCUT2D eigenvalue weighted by Gasteiger charge is 2.34. The molecule has 92 valence electrons. The molecule has 0 saturated heterocycles. The van der Waals surface area contributed by atoms with Crippen molar-refractivity contribution in [3.63, 3.8) is 0 Å². The summed E-state index contributed by atoms with van der Waals surface area (Å²) in [6.07, 6.45) is 0. The summed E-state index contributed by atoms with van der Waals surface area (Å²) in [6, 6.07) is 9.40. The predicted octanol–water partition coefficient (Wildman–Crippen LogP) is 1.38. The van der Waals surface area contributed by atoms with Crippen molar-refractivity contribution < 1.29 is 9.59 Å². The van der Waals surface area contributed by atoms with Gasteiger partial charge in [0.05, 0.1) is 6.04 Å². The number of benzene rings is 1. The van der Waals surface area contributed by atoms with Gasteiger partial charge in [0.2, 0.25) is 11.8 Å². The largest absolute Gasteiger partial charge is 0.369 e. The first-order chi connectivity index (χ1) is 7.85. The Morgan fingerprint density at radius 3 is 2.24 bits per heavy atom. The minimum atomic E-state index is -1.19. The van der Waals surface area contributed by atoms with Crippen LogP contribution in [0.1, 0.15) is 32.4 Å². The van der Waals surface area contributed by atoms with E-state index >= 15 is 0 Å². The summed E-state index contributed by atoms with van der Waals surface area (Å²) in [4.78, 5) is 23.0. The Bertz CT molecular complexity index is 413. The van der Waals surface area contributed by atoms with Crippen LogP contribution in [0, 0.1) is 5.41 Å². The fourth-order valence-electron chi connectivity index (χ4n) is 1.31. The molecule has 17 heavy (non-hydrogen) atoms. The van der Waals surface area contributed by atoms with Crippen LogP contribution in [0.3, 0.4) is 0 Å². The molecule has 3 N–H and O–H groups in total. The van der Waals surface area contributed by atoms with Crippen LogP contribution in [0.15, 0.2) is 30.3 Å². The smallest absolute Gasteiger partial charge is 0.235 e. The quantitative estimate of drug-likeness (QED) is 0.772. The van der Waals surface area contributed by atoms with E-state index in [0.29, 0.717) is 0 Å². The number of amides is 2. The molecule has 2 amide bonds. The third-order valence-corrected chi connectivity index (χ3v) is 2.83. The lowest BCUT2D eigenvalue weighted by atomic mass is 9.91. The first kappa shape index (κ1) is 13.2. The summed E-state index contributed by atoms with van der Waals surface area (Å²) >= 11 is 0. The Balaban J connectivity index is 2.74. The van der Waals surface area contributed by atoms with E-state index in [2.05, 4.69) is 5.32 Å². The standard InChI is InChI=1S/C13H18N2O2/c1-9(10-7-5-4-6-8-10)15-12(17)13(2,3)11(14)16/h4-9H,1-3H3,(H2,14,16)(H,15,17)/t9-/m1/s1. The number of carbonyl (C=O) groups is 2. The van der Waals surface area contributed by atoms with Gasteiger partial charge in [-0.25, -0.2) is 0 Å². The SMILES string of the molecule is C[C@@H](NC(=O)C(C)(C)C(N)=O)c1ccccc1. The van der Waals surface area contributed by atoms with Crippen molar-refractivity contribution >= 4 is 11.8 Å². The molecule has 0 radical (unpaired) electrons. The number of carbonyl (C=O) groups excluding carboxylic acids is 2. The molecule has 0 bridgehead atoms. The summed E-state index contributed by atoms with van der Waals surface area (Å²) in [6.45, 7) is 4.90. The topological polar surface area (TPSA) is 72.2 Å². The maximum absolute atomic E-state index is 11.9. The van der Waals surface area contributed by atoms with Gasteiger partial charge in [0, 0.05) is 0 Å². The Morgan fingerprint density at radius 1 is 1.24 bits per heavy atom. The number of primary amides is 1. The Labute approximate surface area is 101 Å². The second-order valence-corrected chi connectivity index (χ2v) is 4.60. The molecular weight excluding hydrogens is 216 g/mol. The van der Waals surface area contributed by atoms with Crippen LogP contribution in [0.2, 0.25) is 0 Å². The molecule has 0 fully saturated rings. The first-order valence-electron chi connectivity index (χ1n) is 5.51. The normalized spacial score (nSPS) is 12.9. The zero-order valence-corrected chi connectivity index (χ0v) is 10.4. The summed E-state index contributed by atoms with van der Waals surface area (Å²) in [7, 11) is 0. The Morgan fingerprint density at radius 2 is 1.76 bits per heavy atom. The molecule has 0 aliphatic carbocycles. The Hall–Kier alpha value is -1.84. The zero-order valence-electron chi connectivity index (χ0n) is 10.4. The van der Waals surface area contributed by atoms with Crippen LogP contribution in [-0.4, -0.2) is 11.8 Å². The fourth-order valence-corrected chi connectivity index (χ4v) is 1.31. The van der Waals surface area contributed by atoms with E-state index in [9.17, 15) is 9.59 Å². The molecule has 1 atom stereocenters. The second kappa shape index (κ2) is 4.99. The third kappa shape index (κ3) is 3.06. The molecule has 1 aromatic carbocycles. The van der Waals surface area contributed by atoms with Crippen LogP contribution < -0.4 is 11.1 Å². The van der Waals surface area contributed by atoms with E-state index in [1.807, 2.05) is 37.3 Å². The number of hydrogen-bond acceptors (Lipinski definition) is 2. The van der Waals surface area contributed by atoms with Crippen LogP contribution in [0.4, 0.5) is 0 Å². The summed E-state index contributed by atoms with van der Waals surface area (Å²) < 4.78 is 0. The molecule has 0 saturated carbocycles. The lowest BCUT2D eigenvalue weighted by molar-refractivity contribution is -0.139. The van der Waals surface area contributed by atoms with Crippen molar-refractivity contribution in [2.75, 3.05) is 0 Å². The molecule has 0 aromatic heterocycles. The van der Waals surface area contributed by atoms with E-state index in [1.54, 1.807) is 0 Å². The second-order valence-electron chi connectivity index (χ2n) is 4.60. The molecule has 1 rings (SSSR count). The zero-order chi connectivity index (χ0) is 13.1. The van der Waals surface area contributed by atoms with E-state index in [-0.39, 0.29) is 11.9 Å². The summed E-state index contributed by atoms with van der Waals surface area (Å²) in [5, 5.41) is 2.78. The van der Waals surface area contributed by atoms with Crippen molar-refractivity contribution in [3.8, 4) is 0 Å². The predicted molar refractivity (Wildman–Crippen MR) is 66.0 cm³/mol. The fraction of sp³-hybridized carbons (Fsp3) is 0.385. The van der Waals surface area contributed by atoms with Gasteiger partial charge in [0.15, 0.2) is 0 Å². The molecule has 0 unspecified atom stereocenters. The van der Waals surface area contributed by atoms with Crippen LogP contribution in [-0.2, 0) is 9.59 Å². The highest BCUT2D eigenvalue weighted by molar-refractivity contribution is 6.03. The van der Waals surface area contributed by atoms with Gasteiger partial charge >= 0.3 is 0 Å². The van der Waals surface area contributed by atoms with Crippen molar-refractivity contribution in [1.82, 2.24) is 5.32 Å². The van der Waals surface area contributed by atoms with Gasteiger partial charge in [-0.15, -0.1) is 0 Å². The van der Waals surface area contributed by atoms with Crippen LogP contribution in [0.5, 0.6) is 0 Å². The van der Waals surface area contributed by atoms with Crippen molar-refractivity contribution in [2.45, 2.75) is 26.8 Å². The Kier molecular flexibility index (Phi) is 3.89. The molecule has 4 nitrogen and oxygen atoms in total. The monoisotopic (exact) mass is 234 g/mol. The molecule has 0 aliphatic heterocycles. The maximum atomic E-state index is 11.9. The average molecular weight is 234 g/mol. The van der Waals surface area contributed by atoms with Gasteiger partial charge in [0.1, 0.15) is 5.41 Å². The van der Waals surface area contributed by atoms with Gasteiger partial charge < -0.3 is 11.1 Å². The molecular formula is C13H18N2O2.